The maximum atomic E-state index is 11.0. The minimum absolute atomic E-state index is 0.0356. The van der Waals surface area contributed by atoms with Crippen LogP contribution < -0.4 is 11.1 Å². The van der Waals surface area contributed by atoms with Gasteiger partial charge >= 0.3 is 0 Å². The van der Waals surface area contributed by atoms with Crippen LogP contribution in [0.3, 0.4) is 0 Å². The van der Waals surface area contributed by atoms with E-state index in [2.05, 4.69) is 21.2 Å². The number of nitro groups is 1. The van der Waals surface area contributed by atoms with Crippen molar-refractivity contribution in [2.24, 2.45) is 5.73 Å². The number of nitrogens with one attached hydrogen (secondary N) is 1. The molecule has 0 heterocycles. The Kier molecular flexibility index (Phi) is 4.70. The Balaban J connectivity index is 2.11. The zero-order valence-corrected chi connectivity index (χ0v) is 12.2. The van der Waals surface area contributed by atoms with Gasteiger partial charge in [0.1, 0.15) is 5.69 Å². The van der Waals surface area contributed by atoms with E-state index in [4.69, 9.17) is 5.73 Å². The molecule has 2 aromatic rings. The standard InChI is InChI=1S/C14H14BrN3O2/c15-11-6-7-14(18(19)20)13(8-11)17-9-12(16)10-4-2-1-3-5-10/h1-8,12,17H,9,16H2. The average Bonchev–Trinajstić information content (AvgIpc) is 2.45. The summed E-state index contributed by atoms with van der Waals surface area (Å²) in [6.45, 7) is 0.418. The van der Waals surface area contributed by atoms with Gasteiger partial charge in [0.25, 0.3) is 5.69 Å². The SMILES string of the molecule is NC(CNc1cc(Br)ccc1[N+](=O)[O-])c1ccccc1. The van der Waals surface area contributed by atoms with Crippen LogP contribution >= 0.6 is 15.9 Å². The number of hydrogen-bond acceptors (Lipinski definition) is 4. The van der Waals surface area contributed by atoms with Crippen LogP contribution in [0.25, 0.3) is 0 Å². The molecule has 1 atom stereocenters. The van der Waals surface area contributed by atoms with Crippen LogP contribution in [0.5, 0.6) is 0 Å². The molecular formula is C14H14BrN3O2. The number of anilines is 1. The van der Waals surface area contributed by atoms with Gasteiger partial charge in [-0.3, -0.25) is 10.1 Å². The third-order valence-corrected chi connectivity index (χ3v) is 3.39. The minimum Gasteiger partial charge on any atom is -0.378 e. The summed E-state index contributed by atoms with van der Waals surface area (Å²) in [4.78, 5) is 10.6. The van der Waals surface area contributed by atoms with Crippen molar-refractivity contribution in [2.75, 3.05) is 11.9 Å². The summed E-state index contributed by atoms with van der Waals surface area (Å²) in [7, 11) is 0. The van der Waals surface area contributed by atoms with Gasteiger partial charge in [0.2, 0.25) is 0 Å². The number of hydrogen-bond donors (Lipinski definition) is 2. The van der Waals surface area contributed by atoms with Crippen LogP contribution in [-0.4, -0.2) is 11.5 Å². The topological polar surface area (TPSA) is 81.2 Å². The van der Waals surface area contributed by atoms with Gasteiger partial charge in [0, 0.05) is 23.1 Å². The highest BCUT2D eigenvalue weighted by Crippen LogP contribution is 2.28. The van der Waals surface area contributed by atoms with E-state index >= 15 is 0 Å². The average molecular weight is 336 g/mol. The molecule has 0 aliphatic heterocycles. The normalized spacial score (nSPS) is 11.9. The predicted molar refractivity (Wildman–Crippen MR) is 82.7 cm³/mol. The maximum Gasteiger partial charge on any atom is 0.292 e. The fraction of sp³-hybridized carbons (Fsp3) is 0.143. The Morgan fingerprint density at radius 3 is 2.60 bits per heavy atom. The fourth-order valence-electron chi connectivity index (χ4n) is 1.85. The van der Waals surface area contributed by atoms with E-state index < -0.39 is 4.92 Å². The first-order valence-corrected chi connectivity index (χ1v) is 6.85. The molecule has 20 heavy (non-hydrogen) atoms. The van der Waals surface area contributed by atoms with E-state index in [-0.39, 0.29) is 11.7 Å². The lowest BCUT2D eigenvalue weighted by Crippen LogP contribution is -2.20. The van der Waals surface area contributed by atoms with E-state index in [1.54, 1.807) is 12.1 Å². The Morgan fingerprint density at radius 2 is 1.95 bits per heavy atom. The second-order valence-electron chi connectivity index (χ2n) is 4.32. The van der Waals surface area contributed by atoms with Crippen molar-refractivity contribution in [2.45, 2.75) is 6.04 Å². The molecule has 104 valence electrons. The minimum atomic E-state index is -0.414. The van der Waals surface area contributed by atoms with E-state index in [1.165, 1.54) is 6.07 Å². The van der Waals surface area contributed by atoms with Crippen LogP contribution in [0.15, 0.2) is 53.0 Å². The van der Waals surface area contributed by atoms with Crippen molar-refractivity contribution in [1.82, 2.24) is 0 Å². The van der Waals surface area contributed by atoms with Crippen LogP contribution in [0, 0.1) is 10.1 Å². The highest BCUT2D eigenvalue weighted by Gasteiger charge is 2.14. The quantitative estimate of drug-likeness (QED) is 0.647. The summed E-state index contributed by atoms with van der Waals surface area (Å²) in [6, 6.07) is 14.2. The highest BCUT2D eigenvalue weighted by atomic mass is 79.9. The van der Waals surface area contributed by atoms with Crippen molar-refractivity contribution >= 4 is 27.3 Å². The van der Waals surface area contributed by atoms with E-state index in [1.807, 2.05) is 30.3 Å². The lowest BCUT2D eigenvalue weighted by molar-refractivity contribution is -0.384. The maximum absolute atomic E-state index is 11.0. The van der Waals surface area contributed by atoms with Crippen molar-refractivity contribution in [3.05, 3.63) is 68.7 Å². The molecule has 0 saturated carbocycles. The molecule has 0 radical (unpaired) electrons. The van der Waals surface area contributed by atoms with Gasteiger partial charge in [-0.2, -0.15) is 0 Å². The first-order valence-electron chi connectivity index (χ1n) is 6.06. The molecule has 0 fully saturated rings. The summed E-state index contributed by atoms with van der Waals surface area (Å²) < 4.78 is 0.777. The molecule has 0 amide bonds. The monoisotopic (exact) mass is 335 g/mol. The molecule has 5 nitrogen and oxygen atoms in total. The van der Waals surface area contributed by atoms with Gasteiger partial charge < -0.3 is 11.1 Å². The van der Waals surface area contributed by atoms with Crippen LogP contribution in [0.4, 0.5) is 11.4 Å². The summed E-state index contributed by atoms with van der Waals surface area (Å²) >= 11 is 3.30. The van der Waals surface area contributed by atoms with Crippen molar-refractivity contribution < 1.29 is 4.92 Å². The van der Waals surface area contributed by atoms with Crippen molar-refractivity contribution in [3.8, 4) is 0 Å². The van der Waals surface area contributed by atoms with Crippen molar-refractivity contribution in [3.63, 3.8) is 0 Å². The number of halogens is 1. The first-order chi connectivity index (χ1) is 9.58. The van der Waals surface area contributed by atoms with Gasteiger partial charge in [-0.15, -0.1) is 0 Å². The summed E-state index contributed by atoms with van der Waals surface area (Å²) in [5.74, 6) is 0. The summed E-state index contributed by atoms with van der Waals surface area (Å²) in [5.41, 5.74) is 7.54. The highest BCUT2D eigenvalue weighted by molar-refractivity contribution is 9.10. The second-order valence-corrected chi connectivity index (χ2v) is 5.23. The molecule has 0 aromatic heterocycles. The molecule has 0 aliphatic rings. The Morgan fingerprint density at radius 1 is 1.25 bits per heavy atom. The van der Waals surface area contributed by atoms with Crippen LogP contribution in [-0.2, 0) is 0 Å². The van der Waals surface area contributed by atoms with E-state index in [0.717, 1.165) is 10.0 Å². The zero-order valence-electron chi connectivity index (χ0n) is 10.6. The fourth-order valence-corrected chi connectivity index (χ4v) is 2.21. The zero-order chi connectivity index (χ0) is 14.5. The van der Waals surface area contributed by atoms with E-state index in [9.17, 15) is 10.1 Å². The van der Waals surface area contributed by atoms with Gasteiger partial charge in [0.05, 0.1) is 4.92 Å². The first kappa shape index (κ1) is 14.5. The van der Waals surface area contributed by atoms with Crippen molar-refractivity contribution in [1.29, 1.82) is 0 Å². The Hall–Kier alpha value is -1.92. The molecule has 0 bridgehead atoms. The molecule has 0 aliphatic carbocycles. The summed E-state index contributed by atoms with van der Waals surface area (Å²) in [6.07, 6.45) is 0. The molecule has 3 N–H and O–H groups in total. The number of nitrogens with zero attached hydrogens (tertiary/aromatic N) is 1. The molecule has 0 spiro atoms. The van der Waals surface area contributed by atoms with Crippen LogP contribution in [0.2, 0.25) is 0 Å². The summed E-state index contributed by atoms with van der Waals surface area (Å²) in [5, 5.41) is 14.0. The Labute approximate surface area is 125 Å². The van der Waals surface area contributed by atoms with Gasteiger partial charge in [-0.05, 0) is 17.7 Å². The molecule has 2 aromatic carbocycles. The Bertz CT molecular complexity index is 605. The number of nitrogens with two attached hydrogens (primary N) is 1. The second kappa shape index (κ2) is 6.49. The third kappa shape index (κ3) is 3.55. The predicted octanol–water partition coefficient (Wildman–Crippen LogP) is 3.47. The lowest BCUT2D eigenvalue weighted by Gasteiger charge is -2.14. The number of nitro benzene ring substituents is 1. The largest absolute Gasteiger partial charge is 0.378 e. The number of rotatable bonds is 5. The molecular weight excluding hydrogens is 322 g/mol. The third-order valence-electron chi connectivity index (χ3n) is 2.90. The number of benzene rings is 2. The lowest BCUT2D eigenvalue weighted by atomic mass is 10.1. The molecule has 0 saturated heterocycles. The van der Waals surface area contributed by atoms with Gasteiger partial charge in [-0.25, -0.2) is 0 Å². The van der Waals surface area contributed by atoms with Gasteiger partial charge in [0.15, 0.2) is 0 Å². The molecule has 2 rings (SSSR count). The molecule has 1 unspecified atom stereocenters. The van der Waals surface area contributed by atoms with E-state index in [0.29, 0.717) is 12.2 Å². The smallest absolute Gasteiger partial charge is 0.292 e. The van der Waals surface area contributed by atoms with Crippen LogP contribution in [0.1, 0.15) is 11.6 Å². The molecule has 6 heteroatoms. The van der Waals surface area contributed by atoms with Gasteiger partial charge in [-0.1, -0.05) is 46.3 Å².